The van der Waals surface area contributed by atoms with Crippen LogP contribution in [0.25, 0.3) is 0 Å². The number of nitrogens with zero attached hydrogens (tertiary/aromatic N) is 1. The molecule has 0 aromatic rings. The number of unbranched alkanes of at least 4 members (excludes halogenated alkanes) is 20. The molecule has 0 aliphatic rings. The van der Waals surface area contributed by atoms with Gasteiger partial charge in [0.1, 0.15) is 19.8 Å². The monoisotopic (exact) mass is 879 g/mol. The molecule has 2 unspecified atom stereocenters. The Morgan fingerprint density at radius 1 is 0.525 bits per heavy atom. The first-order chi connectivity index (χ1) is 29.5. The van der Waals surface area contributed by atoms with E-state index in [9.17, 15) is 19.0 Å². The van der Waals surface area contributed by atoms with Gasteiger partial charge in [-0.05, 0) is 57.8 Å². The largest absolute Gasteiger partial charge is 0.472 e. The molecule has 0 aliphatic carbocycles. The molecule has 2 atom stereocenters. The first-order valence-corrected chi connectivity index (χ1v) is 26.0. The van der Waals surface area contributed by atoms with Crippen LogP contribution in [0.2, 0.25) is 0 Å². The van der Waals surface area contributed by atoms with Crippen molar-refractivity contribution in [2.45, 2.75) is 206 Å². The molecule has 0 aromatic heterocycles. The van der Waals surface area contributed by atoms with Crippen molar-refractivity contribution in [2.24, 2.45) is 0 Å². The normalized spacial score (nSPS) is 14.0. The minimum Gasteiger partial charge on any atom is -0.462 e. The predicted octanol–water partition coefficient (Wildman–Crippen LogP) is 14.4. The number of likely N-dealkylation sites (N-methyl/N-ethyl adjacent to an activating group) is 1. The van der Waals surface area contributed by atoms with E-state index in [0.29, 0.717) is 17.4 Å². The highest BCUT2D eigenvalue weighted by Crippen LogP contribution is 2.43. The van der Waals surface area contributed by atoms with Crippen LogP contribution in [0.1, 0.15) is 200 Å². The van der Waals surface area contributed by atoms with Gasteiger partial charge >= 0.3 is 19.8 Å². The second kappa shape index (κ2) is 43.0. The lowest BCUT2D eigenvalue weighted by molar-refractivity contribution is -0.870. The van der Waals surface area contributed by atoms with Crippen LogP contribution in [0.4, 0.5) is 0 Å². The van der Waals surface area contributed by atoms with Crippen LogP contribution in [-0.2, 0) is 32.7 Å². The van der Waals surface area contributed by atoms with Gasteiger partial charge in [-0.1, -0.05) is 190 Å². The summed E-state index contributed by atoms with van der Waals surface area (Å²) in [6.07, 6.45) is 52.6. The molecular weight excluding hydrogens is 786 g/mol. The van der Waals surface area contributed by atoms with E-state index >= 15 is 0 Å². The quantitative estimate of drug-likeness (QED) is 0.0212. The zero-order valence-corrected chi connectivity index (χ0v) is 40.8. The van der Waals surface area contributed by atoms with Crippen molar-refractivity contribution < 1.29 is 42.1 Å². The maximum atomic E-state index is 12.7. The number of quaternary nitrogens is 1. The summed E-state index contributed by atoms with van der Waals surface area (Å²) in [6, 6.07) is 0. The zero-order chi connectivity index (χ0) is 45.0. The fraction of sp³-hybridized carbons (Fsp3) is 0.765. The number of rotatable bonds is 44. The Labute approximate surface area is 375 Å². The fourth-order valence-electron chi connectivity index (χ4n) is 6.51. The summed E-state index contributed by atoms with van der Waals surface area (Å²) >= 11 is 0. The smallest absolute Gasteiger partial charge is 0.462 e. The molecule has 0 amide bonds. The zero-order valence-electron chi connectivity index (χ0n) is 39.9. The Bertz CT molecular complexity index is 1220. The van der Waals surface area contributed by atoms with Gasteiger partial charge in [0.15, 0.2) is 6.10 Å². The van der Waals surface area contributed by atoms with Crippen molar-refractivity contribution in [2.75, 3.05) is 47.5 Å². The van der Waals surface area contributed by atoms with E-state index in [1.165, 1.54) is 83.5 Å². The molecule has 0 aliphatic heterocycles. The highest BCUT2D eigenvalue weighted by Gasteiger charge is 2.27. The topological polar surface area (TPSA) is 108 Å². The van der Waals surface area contributed by atoms with Crippen LogP contribution in [0.5, 0.6) is 0 Å². The molecule has 354 valence electrons. The average molecular weight is 879 g/mol. The molecule has 0 heterocycles. The summed E-state index contributed by atoms with van der Waals surface area (Å²) in [5, 5.41) is 0. The van der Waals surface area contributed by atoms with Gasteiger partial charge in [-0.15, -0.1) is 0 Å². The molecule has 10 heteroatoms. The highest BCUT2D eigenvalue weighted by atomic mass is 31.2. The Morgan fingerprint density at radius 2 is 0.934 bits per heavy atom. The van der Waals surface area contributed by atoms with Gasteiger partial charge in [-0.2, -0.15) is 0 Å². The predicted molar refractivity (Wildman–Crippen MR) is 256 cm³/mol. The number of esters is 2. The van der Waals surface area contributed by atoms with E-state index in [-0.39, 0.29) is 32.0 Å². The van der Waals surface area contributed by atoms with Gasteiger partial charge in [0.2, 0.25) is 0 Å². The summed E-state index contributed by atoms with van der Waals surface area (Å²) in [5.41, 5.74) is 0. The number of hydrogen-bond donors (Lipinski definition) is 1. The third-order valence-electron chi connectivity index (χ3n) is 10.3. The lowest BCUT2D eigenvalue weighted by atomic mass is 10.0. The van der Waals surface area contributed by atoms with E-state index in [0.717, 1.165) is 83.5 Å². The van der Waals surface area contributed by atoms with Crippen molar-refractivity contribution in [3.8, 4) is 0 Å². The lowest BCUT2D eigenvalue weighted by Gasteiger charge is -2.24. The minimum absolute atomic E-state index is 0.0261. The SMILES string of the molecule is CC/C=C\C/C=C\C/C=C\C/C=C\C/C=C\CCCCCCCC(=O)OC(COC(=O)CCCCCCCCCCCCCCCCCC)COP(=O)(O)OCC[N+](C)(C)C. The molecule has 0 saturated heterocycles. The standard InChI is InChI=1S/C51H92NO8P/c1-6-8-10-12-14-16-18-20-22-24-25-26-27-28-30-32-34-36-38-40-42-44-51(54)60-49(48-59-61(55,56)58-46-45-52(3,4)5)47-57-50(53)43-41-39-37-35-33-31-29-23-21-19-17-15-13-11-9-7-2/h8,10,14,16,20,22,25-26,28,30,49H,6-7,9,11-13,15,17-19,21,23-24,27,29,31-48H2,1-5H3/p+1/b10-8-,16-14-,22-20-,26-25-,30-28-. The van der Waals surface area contributed by atoms with Crippen molar-refractivity contribution in [3.05, 3.63) is 60.8 Å². The number of hydrogen-bond acceptors (Lipinski definition) is 7. The Kier molecular flexibility index (Phi) is 41.4. The van der Waals surface area contributed by atoms with Crippen LogP contribution >= 0.6 is 7.82 Å². The van der Waals surface area contributed by atoms with Gasteiger partial charge in [0.05, 0.1) is 27.7 Å². The molecule has 0 bridgehead atoms. The summed E-state index contributed by atoms with van der Waals surface area (Å²) < 4.78 is 34.4. The maximum Gasteiger partial charge on any atom is 0.472 e. The number of carbonyl (C=O) groups excluding carboxylic acids is 2. The van der Waals surface area contributed by atoms with E-state index in [4.69, 9.17) is 18.5 Å². The Morgan fingerprint density at radius 3 is 1.39 bits per heavy atom. The number of carbonyl (C=O) groups is 2. The molecule has 0 aromatic carbocycles. The summed E-state index contributed by atoms with van der Waals surface area (Å²) in [7, 11) is 1.46. The first kappa shape index (κ1) is 58.7. The van der Waals surface area contributed by atoms with Crippen molar-refractivity contribution in [1.82, 2.24) is 0 Å². The van der Waals surface area contributed by atoms with Crippen molar-refractivity contribution >= 4 is 19.8 Å². The Balaban J connectivity index is 4.33. The molecule has 0 rings (SSSR count). The molecule has 0 spiro atoms. The highest BCUT2D eigenvalue weighted by molar-refractivity contribution is 7.47. The van der Waals surface area contributed by atoms with E-state index in [2.05, 4.69) is 74.6 Å². The van der Waals surface area contributed by atoms with Crippen molar-refractivity contribution in [3.63, 3.8) is 0 Å². The van der Waals surface area contributed by atoms with Crippen LogP contribution < -0.4 is 0 Å². The summed E-state index contributed by atoms with van der Waals surface area (Å²) in [6.45, 7) is 4.30. The fourth-order valence-corrected chi connectivity index (χ4v) is 7.25. The number of allylic oxidation sites excluding steroid dienone is 10. The van der Waals surface area contributed by atoms with Crippen LogP contribution in [0.3, 0.4) is 0 Å². The molecule has 0 fully saturated rings. The van der Waals surface area contributed by atoms with Gasteiger partial charge in [-0.25, -0.2) is 4.57 Å². The number of phosphoric acid groups is 1. The van der Waals surface area contributed by atoms with Gasteiger partial charge < -0.3 is 18.9 Å². The molecular formula is C51H93NO8P+. The maximum absolute atomic E-state index is 12.7. The van der Waals surface area contributed by atoms with Crippen LogP contribution in [0.15, 0.2) is 60.8 Å². The molecule has 1 N–H and O–H groups in total. The number of phosphoric ester groups is 1. The van der Waals surface area contributed by atoms with E-state index < -0.39 is 26.5 Å². The average Bonchev–Trinajstić information content (AvgIpc) is 3.21. The van der Waals surface area contributed by atoms with Gasteiger partial charge in [0, 0.05) is 12.8 Å². The summed E-state index contributed by atoms with van der Waals surface area (Å²) in [5.74, 6) is -0.817. The van der Waals surface area contributed by atoms with E-state index in [1.807, 2.05) is 21.1 Å². The van der Waals surface area contributed by atoms with Gasteiger partial charge in [0.25, 0.3) is 0 Å². The molecule has 0 saturated carbocycles. The Hall–Kier alpha value is -2.29. The third kappa shape index (κ3) is 47.0. The minimum atomic E-state index is -4.39. The van der Waals surface area contributed by atoms with Crippen LogP contribution in [0, 0.1) is 0 Å². The lowest BCUT2D eigenvalue weighted by Crippen LogP contribution is -2.37. The molecule has 9 nitrogen and oxygen atoms in total. The summed E-state index contributed by atoms with van der Waals surface area (Å²) in [4.78, 5) is 35.5. The van der Waals surface area contributed by atoms with E-state index in [1.54, 1.807) is 0 Å². The second-order valence-electron chi connectivity index (χ2n) is 17.5. The molecule has 61 heavy (non-hydrogen) atoms. The van der Waals surface area contributed by atoms with Crippen LogP contribution in [-0.4, -0.2) is 74.9 Å². The first-order valence-electron chi connectivity index (χ1n) is 24.5. The number of ether oxygens (including phenoxy) is 2. The van der Waals surface area contributed by atoms with Gasteiger partial charge in [-0.3, -0.25) is 18.6 Å². The molecule has 0 radical (unpaired) electrons. The van der Waals surface area contributed by atoms with Crippen molar-refractivity contribution in [1.29, 1.82) is 0 Å². The third-order valence-corrected chi connectivity index (χ3v) is 11.3. The second-order valence-corrected chi connectivity index (χ2v) is 18.9.